The summed E-state index contributed by atoms with van der Waals surface area (Å²) in [4.78, 5) is 38.7. The number of carboxylic acid groups (broad SMARTS) is 1. The molecule has 1 aliphatic heterocycles. The maximum Gasteiger partial charge on any atom is 0.407 e. The van der Waals surface area contributed by atoms with Crippen LogP contribution in [0, 0.1) is 11.3 Å². The summed E-state index contributed by atoms with van der Waals surface area (Å²) in [6.07, 6.45) is 3.46. The molecule has 0 aromatic heterocycles. The first-order valence-electron chi connectivity index (χ1n) is 12.2. The lowest BCUT2D eigenvalue weighted by Crippen LogP contribution is -2.62. The summed E-state index contributed by atoms with van der Waals surface area (Å²) in [7, 11) is 0. The Balaban J connectivity index is 1.18. The molecule has 2 aliphatic carbocycles. The molecule has 2 amide bonds. The highest BCUT2D eigenvalue weighted by Gasteiger charge is 2.50. The van der Waals surface area contributed by atoms with E-state index < -0.39 is 17.5 Å². The summed E-state index contributed by atoms with van der Waals surface area (Å²) in [5.41, 5.74) is 3.69. The van der Waals surface area contributed by atoms with Gasteiger partial charge in [0.1, 0.15) is 12.0 Å². The number of benzene rings is 2. The van der Waals surface area contributed by atoms with Crippen LogP contribution in [0.2, 0.25) is 0 Å². The molecule has 0 bridgehead atoms. The number of allylic oxidation sites excluding steroid dienone is 1. The minimum absolute atomic E-state index is 0.0238. The lowest BCUT2D eigenvalue weighted by atomic mass is 9.76. The van der Waals surface area contributed by atoms with Crippen LogP contribution in [0.15, 0.2) is 61.2 Å². The van der Waals surface area contributed by atoms with Gasteiger partial charge >= 0.3 is 12.1 Å². The minimum Gasteiger partial charge on any atom is -0.481 e. The van der Waals surface area contributed by atoms with Crippen LogP contribution in [-0.4, -0.2) is 53.7 Å². The van der Waals surface area contributed by atoms with Crippen molar-refractivity contribution in [2.24, 2.45) is 11.3 Å². The van der Waals surface area contributed by atoms with Crippen molar-refractivity contribution in [3.63, 3.8) is 0 Å². The standard InChI is InChI=1S/C28H30N2O5/c1-2-13-28(26(32)33)16-30(17-28)25(31)14-24(18-11-12-18)29-27(34)35-15-23-21-9-5-3-7-19(21)20-8-4-6-10-22(20)23/h2-10,18,23-24H,1,11-17H2,(H,29,34)(H,32,33). The third-order valence-corrected chi connectivity index (χ3v) is 7.56. The summed E-state index contributed by atoms with van der Waals surface area (Å²) >= 11 is 0. The third kappa shape index (κ3) is 4.43. The predicted octanol–water partition coefficient (Wildman–Crippen LogP) is 4.18. The number of amides is 2. The van der Waals surface area contributed by atoms with E-state index in [1.165, 1.54) is 11.1 Å². The van der Waals surface area contributed by atoms with Crippen molar-refractivity contribution >= 4 is 18.0 Å². The molecule has 1 saturated carbocycles. The van der Waals surface area contributed by atoms with Crippen LogP contribution in [0.4, 0.5) is 4.79 Å². The highest BCUT2D eigenvalue weighted by molar-refractivity contribution is 5.84. The number of fused-ring (bicyclic) bond motifs is 3. The van der Waals surface area contributed by atoms with Gasteiger partial charge in [-0.15, -0.1) is 6.58 Å². The highest BCUT2D eigenvalue weighted by Crippen LogP contribution is 2.44. The highest BCUT2D eigenvalue weighted by atomic mass is 16.5. The normalized spacial score (nSPS) is 18.6. The SMILES string of the molecule is C=CCC1(C(=O)O)CN(C(=O)CC(NC(=O)OCC2c3ccccc3-c3ccccc32)C2CC2)C1. The fourth-order valence-electron chi connectivity index (χ4n) is 5.43. The molecule has 1 atom stereocenters. The Morgan fingerprint density at radius 2 is 1.69 bits per heavy atom. The van der Waals surface area contributed by atoms with Crippen molar-refractivity contribution in [2.75, 3.05) is 19.7 Å². The average Bonchev–Trinajstić information content (AvgIpc) is 3.62. The van der Waals surface area contributed by atoms with Crippen LogP contribution in [0.1, 0.15) is 42.7 Å². The number of rotatable bonds is 9. The van der Waals surface area contributed by atoms with E-state index in [0.29, 0.717) is 6.42 Å². The van der Waals surface area contributed by atoms with E-state index in [2.05, 4.69) is 36.2 Å². The lowest BCUT2D eigenvalue weighted by molar-refractivity contribution is -0.165. The van der Waals surface area contributed by atoms with E-state index in [1.807, 2.05) is 24.3 Å². The number of nitrogens with zero attached hydrogens (tertiary/aromatic N) is 1. The van der Waals surface area contributed by atoms with Gasteiger partial charge < -0.3 is 20.1 Å². The molecule has 5 rings (SSSR count). The molecule has 0 radical (unpaired) electrons. The average molecular weight is 475 g/mol. The number of carboxylic acids is 1. The van der Waals surface area contributed by atoms with Crippen molar-refractivity contribution in [1.29, 1.82) is 0 Å². The summed E-state index contributed by atoms with van der Waals surface area (Å²) in [5, 5.41) is 12.4. The molecule has 2 aromatic rings. The Kier molecular flexibility index (Phi) is 6.09. The molecular formula is C28H30N2O5. The van der Waals surface area contributed by atoms with E-state index in [9.17, 15) is 19.5 Å². The molecule has 2 N–H and O–H groups in total. The lowest BCUT2D eigenvalue weighted by Gasteiger charge is -2.47. The van der Waals surface area contributed by atoms with E-state index >= 15 is 0 Å². The number of aliphatic carboxylic acids is 1. The molecule has 7 nitrogen and oxygen atoms in total. The Morgan fingerprint density at radius 1 is 1.09 bits per heavy atom. The molecule has 3 aliphatic rings. The number of alkyl carbamates (subject to hydrolysis) is 1. The van der Waals surface area contributed by atoms with Crippen molar-refractivity contribution in [2.45, 2.75) is 37.6 Å². The first-order chi connectivity index (χ1) is 16.9. The number of hydrogen-bond donors (Lipinski definition) is 2. The second-order valence-corrected chi connectivity index (χ2v) is 9.95. The van der Waals surface area contributed by atoms with Crippen LogP contribution in [0.5, 0.6) is 0 Å². The molecule has 1 saturated heterocycles. The van der Waals surface area contributed by atoms with Crippen LogP contribution < -0.4 is 5.32 Å². The summed E-state index contributed by atoms with van der Waals surface area (Å²) < 4.78 is 5.66. The van der Waals surface area contributed by atoms with Gasteiger partial charge in [0.05, 0.1) is 0 Å². The van der Waals surface area contributed by atoms with Crippen molar-refractivity contribution < 1.29 is 24.2 Å². The Labute approximate surface area is 204 Å². The second-order valence-electron chi connectivity index (χ2n) is 9.95. The van der Waals surface area contributed by atoms with Gasteiger partial charge in [-0.25, -0.2) is 4.79 Å². The molecular weight excluding hydrogens is 444 g/mol. The van der Waals surface area contributed by atoms with Gasteiger partial charge in [0.15, 0.2) is 0 Å². The fourth-order valence-corrected chi connectivity index (χ4v) is 5.43. The zero-order valence-electron chi connectivity index (χ0n) is 19.6. The summed E-state index contributed by atoms with van der Waals surface area (Å²) in [6.45, 7) is 4.21. The zero-order valence-corrected chi connectivity index (χ0v) is 19.6. The number of ether oxygens (including phenoxy) is 1. The molecule has 7 heteroatoms. The molecule has 182 valence electrons. The van der Waals surface area contributed by atoms with Gasteiger partial charge in [0, 0.05) is 31.5 Å². The number of carbonyl (C=O) groups excluding carboxylic acids is 2. The van der Waals surface area contributed by atoms with Crippen molar-refractivity contribution in [1.82, 2.24) is 10.2 Å². The van der Waals surface area contributed by atoms with E-state index in [-0.39, 0.29) is 49.9 Å². The number of nitrogens with one attached hydrogen (secondary N) is 1. The van der Waals surface area contributed by atoms with Gasteiger partial charge in [0.25, 0.3) is 0 Å². The smallest absolute Gasteiger partial charge is 0.407 e. The topological polar surface area (TPSA) is 95.9 Å². The van der Waals surface area contributed by atoms with Gasteiger partial charge in [-0.05, 0) is 47.4 Å². The van der Waals surface area contributed by atoms with Crippen LogP contribution in [0.3, 0.4) is 0 Å². The zero-order chi connectivity index (χ0) is 24.6. The van der Waals surface area contributed by atoms with Gasteiger partial charge in [0.2, 0.25) is 5.91 Å². The summed E-state index contributed by atoms with van der Waals surface area (Å²) in [6, 6.07) is 16.0. The molecule has 2 aromatic carbocycles. The number of likely N-dealkylation sites (tertiary alicyclic amines) is 1. The first kappa shape index (κ1) is 23.1. The predicted molar refractivity (Wildman–Crippen MR) is 131 cm³/mol. The van der Waals surface area contributed by atoms with Crippen LogP contribution >= 0.6 is 0 Å². The monoisotopic (exact) mass is 474 g/mol. The Morgan fingerprint density at radius 3 is 2.23 bits per heavy atom. The quantitative estimate of drug-likeness (QED) is 0.532. The van der Waals surface area contributed by atoms with Crippen molar-refractivity contribution in [3.05, 3.63) is 72.3 Å². The van der Waals surface area contributed by atoms with Gasteiger partial charge in [-0.1, -0.05) is 54.6 Å². The molecule has 2 fully saturated rings. The summed E-state index contributed by atoms with van der Waals surface area (Å²) in [5.74, 6) is -0.818. The molecule has 0 spiro atoms. The van der Waals surface area contributed by atoms with Crippen LogP contribution in [-0.2, 0) is 14.3 Å². The van der Waals surface area contributed by atoms with E-state index in [1.54, 1.807) is 11.0 Å². The maximum atomic E-state index is 12.8. The Hall–Kier alpha value is -3.61. The van der Waals surface area contributed by atoms with E-state index in [4.69, 9.17) is 4.74 Å². The molecule has 35 heavy (non-hydrogen) atoms. The van der Waals surface area contributed by atoms with Gasteiger partial charge in [-0.2, -0.15) is 0 Å². The second kappa shape index (κ2) is 9.21. The first-order valence-corrected chi connectivity index (χ1v) is 12.2. The maximum absolute atomic E-state index is 12.8. The fraction of sp³-hybridized carbons (Fsp3) is 0.393. The van der Waals surface area contributed by atoms with Crippen LogP contribution in [0.25, 0.3) is 11.1 Å². The number of hydrogen-bond acceptors (Lipinski definition) is 4. The Bertz CT molecular complexity index is 1120. The molecule has 1 heterocycles. The van der Waals surface area contributed by atoms with Gasteiger partial charge in [-0.3, -0.25) is 9.59 Å². The molecule has 1 unspecified atom stereocenters. The minimum atomic E-state index is -0.938. The van der Waals surface area contributed by atoms with E-state index in [0.717, 1.165) is 24.0 Å². The number of carbonyl (C=O) groups is 3. The third-order valence-electron chi connectivity index (χ3n) is 7.56. The van der Waals surface area contributed by atoms with Crippen molar-refractivity contribution in [3.8, 4) is 11.1 Å². The largest absolute Gasteiger partial charge is 0.481 e.